The van der Waals surface area contributed by atoms with Crippen LogP contribution < -0.4 is 22.3 Å². The molecule has 0 spiro atoms. The number of hydrogen-bond donors (Lipinski definition) is 4. The number of rotatable bonds is 6. The molecule has 0 aliphatic rings. The van der Waals surface area contributed by atoms with E-state index in [4.69, 9.17) is 11.6 Å². The molecular formula is C10H18N6OS. The first-order valence-corrected chi connectivity index (χ1v) is 6.55. The van der Waals surface area contributed by atoms with Crippen LogP contribution in [0.3, 0.4) is 0 Å². The van der Waals surface area contributed by atoms with Crippen molar-refractivity contribution in [3.63, 3.8) is 0 Å². The Kier molecular flexibility index (Phi) is 4.74. The number of amides is 1. The molecule has 6 N–H and O–H groups in total. The van der Waals surface area contributed by atoms with Crippen molar-refractivity contribution in [2.75, 3.05) is 17.0 Å². The Balaban J connectivity index is 2.92. The highest BCUT2D eigenvalue weighted by Gasteiger charge is 2.21. The number of hydrogen-bond acceptors (Lipinski definition) is 7. The Labute approximate surface area is 110 Å². The number of aromatic nitrogens is 2. The van der Waals surface area contributed by atoms with E-state index in [2.05, 4.69) is 20.7 Å². The number of nitrogens with zero attached hydrogens (tertiary/aromatic N) is 2. The molecule has 1 rings (SSSR count). The maximum absolute atomic E-state index is 11.0. The lowest BCUT2D eigenvalue weighted by Crippen LogP contribution is -2.36. The van der Waals surface area contributed by atoms with Crippen molar-refractivity contribution in [2.24, 2.45) is 11.6 Å². The van der Waals surface area contributed by atoms with Gasteiger partial charge in [0.1, 0.15) is 11.6 Å². The van der Waals surface area contributed by atoms with Crippen LogP contribution in [0.25, 0.3) is 0 Å². The Morgan fingerprint density at radius 3 is 2.56 bits per heavy atom. The molecule has 18 heavy (non-hydrogen) atoms. The van der Waals surface area contributed by atoms with Gasteiger partial charge in [0.2, 0.25) is 5.91 Å². The molecule has 0 aliphatic heterocycles. The van der Waals surface area contributed by atoms with Gasteiger partial charge >= 0.3 is 0 Å². The van der Waals surface area contributed by atoms with E-state index in [0.717, 1.165) is 0 Å². The quantitative estimate of drug-likeness (QED) is 0.258. The summed E-state index contributed by atoms with van der Waals surface area (Å²) in [5.41, 5.74) is 7.18. The summed E-state index contributed by atoms with van der Waals surface area (Å²) in [5, 5.41) is 3.72. The fourth-order valence-electron chi connectivity index (χ4n) is 1.48. The summed E-state index contributed by atoms with van der Waals surface area (Å²) in [7, 11) is 0. The van der Waals surface area contributed by atoms with E-state index in [1.165, 1.54) is 11.8 Å². The molecule has 0 aromatic carbocycles. The van der Waals surface area contributed by atoms with Crippen molar-refractivity contribution in [1.82, 2.24) is 9.97 Å². The molecule has 1 aromatic rings. The fraction of sp³-hybridized carbons (Fsp3) is 0.500. The number of carbonyl (C=O) groups excluding carboxylic acids is 1. The Morgan fingerprint density at radius 2 is 2.06 bits per heavy atom. The van der Waals surface area contributed by atoms with Gasteiger partial charge in [0.05, 0.1) is 0 Å². The van der Waals surface area contributed by atoms with Crippen LogP contribution in [0.4, 0.5) is 11.6 Å². The second-order valence-corrected chi connectivity index (χ2v) is 5.19. The Morgan fingerprint density at radius 1 is 1.44 bits per heavy atom. The normalized spacial score (nSPS) is 11.1. The number of nitrogen functional groups attached to an aromatic ring is 1. The highest BCUT2D eigenvalue weighted by atomic mass is 32.2. The molecule has 1 heterocycles. The van der Waals surface area contributed by atoms with Crippen LogP contribution in [-0.4, -0.2) is 27.7 Å². The summed E-state index contributed by atoms with van der Waals surface area (Å²) >= 11 is 1.40. The van der Waals surface area contributed by atoms with Crippen molar-refractivity contribution in [3.8, 4) is 0 Å². The predicted molar refractivity (Wildman–Crippen MR) is 73.1 cm³/mol. The van der Waals surface area contributed by atoms with Crippen LogP contribution in [0.15, 0.2) is 11.2 Å². The average molecular weight is 270 g/mol. The lowest BCUT2D eigenvalue weighted by molar-refractivity contribution is -0.118. The van der Waals surface area contributed by atoms with E-state index in [1.54, 1.807) is 6.07 Å². The third-order valence-corrected chi connectivity index (χ3v) is 2.67. The van der Waals surface area contributed by atoms with Crippen LogP contribution >= 0.6 is 11.8 Å². The van der Waals surface area contributed by atoms with Gasteiger partial charge in [-0.1, -0.05) is 11.8 Å². The molecule has 7 nitrogen and oxygen atoms in total. The van der Waals surface area contributed by atoms with Gasteiger partial charge in [-0.15, -0.1) is 0 Å². The van der Waals surface area contributed by atoms with Crippen molar-refractivity contribution in [2.45, 2.75) is 31.0 Å². The van der Waals surface area contributed by atoms with Crippen LogP contribution in [-0.2, 0) is 4.79 Å². The smallest absolute Gasteiger partial charge is 0.219 e. The second-order valence-electron chi connectivity index (χ2n) is 4.42. The van der Waals surface area contributed by atoms with E-state index in [-0.39, 0.29) is 12.3 Å². The number of thioether (sulfide) groups is 1. The first-order valence-electron chi connectivity index (χ1n) is 5.32. The minimum atomic E-state index is -0.484. The molecule has 0 unspecified atom stereocenters. The molecule has 0 saturated carbocycles. The lowest BCUT2D eigenvalue weighted by Gasteiger charge is -2.25. The van der Waals surface area contributed by atoms with Crippen molar-refractivity contribution in [3.05, 3.63) is 6.07 Å². The molecule has 1 amide bonds. The highest BCUT2D eigenvalue weighted by molar-refractivity contribution is 7.98. The van der Waals surface area contributed by atoms with Crippen LogP contribution in [0.2, 0.25) is 0 Å². The molecule has 8 heteroatoms. The van der Waals surface area contributed by atoms with Gasteiger partial charge in [-0.25, -0.2) is 15.8 Å². The Bertz CT molecular complexity index is 414. The number of carbonyl (C=O) groups is 1. The van der Waals surface area contributed by atoms with Crippen LogP contribution in [0, 0.1) is 0 Å². The van der Waals surface area contributed by atoms with Crippen LogP contribution in [0.5, 0.6) is 0 Å². The summed E-state index contributed by atoms with van der Waals surface area (Å²) in [6, 6.07) is 1.67. The number of nitrogens with one attached hydrogen (secondary N) is 2. The maximum Gasteiger partial charge on any atom is 0.219 e. The van der Waals surface area contributed by atoms with E-state index >= 15 is 0 Å². The van der Waals surface area contributed by atoms with Crippen molar-refractivity contribution in [1.29, 1.82) is 0 Å². The van der Waals surface area contributed by atoms with Gasteiger partial charge < -0.3 is 16.5 Å². The van der Waals surface area contributed by atoms with Gasteiger partial charge in [0.15, 0.2) is 5.16 Å². The molecule has 100 valence electrons. The zero-order valence-electron chi connectivity index (χ0n) is 10.7. The third-order valence-electron chi connectivity index (χ3n) is 2.12. The van der Waals surface area contributed by atoms with Gasteiger partial charge in [-0.05, 0) is 20.1 Å². The summed E-state index contributed by atoms with van der Waals surface area (Å²) in [4.78, 5) is 19.4. The summed E-state index contributed by atoms with van der Waals surface area (Å²) in [6.45, 7) is 3.74. The van der Waals surface area contributed by atoms with Crippen LogP contribution in [0.1, 0.15) is 20.3 Å². The highest BCUT2D eigenvalue weighted by Crippen LogP contribution is 2.21. The van der Waals surface area contributed by atoms with E-state index in [0.29, 0.717) is 16.8 Å². The lowest BCUT2D eigenvalue weighted by atomic mass is 10.0. The van der Waals surface area contributed by atoms with Gasteiger partial charge in [-0.2, -0.15) is 0 Å². The zero-order valence-corrected chi connectivity index (χ0v) is 11.5. The van der Waals surface area contributed by atoms with E-state index in [1.807, 2.05) is 20.1 Å². The van der Waals surface area contributed by atoms with Crippen molar-refractivity contribution >= 4 is 29.3 Å². The number of nitrogens with two attached hydrogens (primary N) is 2. The van der Waals surface area contributed by atoms with Crippen molar-refractivity contribution < 1.29 is 4.79 Å². The standard InChI is InChI=1S/C10H18N6OS/c1-10(2,5-6(11)17)15-7-4-8(16-12)14-9(13-7)18-3/h4H,5,12H2,1-3H3,(H2,11,17)(H2,13,14,15,16). The first kappa shape index (κ1) is 14.5. The first-order chi connectivity index (χ1) is 8.36. The summed E-state index contributed by atoms with van der Waals surface area (Å²) < 4.78 is 0. The number of primary amides is 1. The molecule has 0 atom stereocenters. The molecular weight excluding hydrogens is 252 g/mol. The largest absolute Gasteiger partial charge is 0.370 e. The fourth-order valence-corrected chi connectivity index (χ4v) is 1.86. The predicted octanol–water partition coefficient (Wildman–Crippen LogP) is 0.550. The summed E-state index contributed by atoms with van der Waals surface area (Å²) in [6.07, 6.45) is 2.07. The second kappa shape index (κ2) is 5.87. The topological polar surface area (TPSA) is 119 Å². The zero-order chi connectivity index (χ0) is 13.8. The molecule has 0 bridgehead atoms. The van der Waals surface area contributed by atoms with Gasteiger partial charge in [0, 0.05) is 18.0 Å². The molecule has 0 fully saturated rings. The monoisotopic (exact) mass is 270 g/mol. The Hall–Kier alpha value is -1.54. The molecule has 0 saturated heterocycles. The minimum absolute atomic E-state index is 0.205. The average Bonchev–Trinajstić information content (AvgIpc) is 2.25. The van der Waals surface area contributed by atoms with E-state index < -0.39 is 5.54 Å². The molecule has 0 aliphatic carbocycles. The minimum Gasteiger partial charge on any atom is -0.370 e. The third kappa shape index (κ3) is 4.38. The number of hydrazine groups is 1. The molecule has 0 radical (unpaired) electrons. The summed E-state index contributed by atoms with van der Waals surface area (Å²) in [5.74, 6) is 6.06. The molecule has 1 aromatic heterocycles. The SMILES string of the molecule is CSc1nc(NN)cc(NC(C)(C)CC(N)=O)n1. The number of anilines is 2. The maximum atomic E-state index is 11.0. The van der Waals surface area contributed by atoms with E-state index in [9.17, 15) is 4.79 Å². The van der Waals surface area contributed by atoms with Gasteiger partial charge in [0.25, 0.3) is 0 Å². The van der Waals surface area contributed by atoms with Gasteiger partial charge in [-0.3, -0.25) is 4.79 Å².